The van der Waals surface area contributed by atoms with E-state index in [-0.39, 0.29) is 11.6 Å². The third kappa shape index (κ3) is 3.96. The quantitative estimate of drug-likeness (QED) is 0.412. The highest BCUT2D eigenvalue weighted by atomic mass is 35.5. The first-order chi connectivity index (χ1) is 12.5. The van der Waals surface area contributed by atoms with Crippen molar-refractivity contribution < 1.29 is 14.1 Å². The Morgan fingerprint density at radius 2 is 1.92 bits per heavy atom. The van der Waals surface area contributed by atoms with E-state index in [9.17, 15) is 14.9 Å². The van der Waals surface area contributed by atoms with Crippen LogP contribution in [0, 0.1) is 10.1 Å². The van der Waals surface area contributed by atoms with Crippen LogP contribution in [-0.2, 0) is 0 Å². The molecular formula is C18H12ClN3O4. The van der Waals surface area contributed by atoms with Gasteiger partial charge < -0.3 is 4.42 Å². The van der Waals surface area contributed by atoms with Gasteiger partial charge >= 0.3 is 0 Å². The summed E-state index contributed by atoms with van der Waals surface area (Å²) in [4.78, 5) is 22.3. The molecule has 8 heteroatoms. The van der Waals surface area contributed by atoms with Gasteiger partial charge in [-0.25, -0.2) is 5.43 Å². The Kier molecular flexibility index (Phi) is 5.09. The molecule has 26 heavy (non-hydrogen) atoms. The average molecular weight is 370 g/mol. The molecule has 0 saturated carbocycles. The van der Waals surface area contributed by atoms with Crippen LogP contribution < -0.4 is 5.43 Å². The number of hydrazone groups is 1. The number of halogens is 1. The molecule has 0 aliphatic rings. The van der Waals surface area contributed by atoms with Crippen LogP contribution >= 0.6 is 11.6 Å². The first kappa shape index (κ1) is 17.4. The lowest BCUT2D eigenvalue weighted by Crippen LogP contribution is -2.17. The topological polar surface area (TPSA) is 97.7 Å². The number of non-ortho nitro benzene ring substituents is 1. The summed E-state index contributed by atoms with van der Waals surface area (Å²) in [5.41, 5.74) is 3.17. The number of carbonyl (C=O) groups excluding carboxylic acids is 1. The van der Waals surface area contributed by atoms with Gasteiger partial charge in [-0.15, -0.1) is 0 Å². The van der Waals surface area contributed by atoms with E-state index >= 15 is 0 Å². The largest absolute Gasteiger partial charge is 0.455 e. The number of nitrogens with one attached hydrogen (secondary N) is 1. The molecule has 1 N–H and O–H groups in total. The maximum Gasteiger partial charge on any atom is 0.271 e. The summed E-state index contributed by atoms with van der Waals surface area (Å²) < 4.78 is 5.57. The first-order valence-electron chi connectivity index (χ1n) is 7.47. The zero-order chi connectivity index (χ0) is 18.5. The zero-order valence-corrected chi connectivity index (χ0v) is 14.0. The Balaban J connectivity index is 1.73. The van der Waals surface area contributed by atoms with E-state index in [1.807, 2.05) is 6.07 Å². The molecule has 0 fully saturated rings. The van der Waals surface area contributed by atoms with Gasteiger partial charge in [-0.1, -0.05) is 29.8 Å². The van der Waals surface area contributed by atoms with Crippen LogP contribution in [0.25, 0.3) is 11.3 Å². The summed E-state index contributed by atoms with van der Waals surface area (Å²) in [6.07, 6.45) is 1.33. The van der Waals surface area contributed by atoms with Crippen LogP contribution in [-0.4, -0.2) is 17.0 Å². The molecule has 0 aliphatic heterocycles. The molecule has 0 spiro atoms. The molecule has 0 saturated heterocycles. The molecule has 1 aromatic heterocycles. The molecule has 0 atom stereocenters. The first-order valence-corrected chi connectivity index (χ1v) is 7.85. The smallest absolute Gasteiger partial charge is 0.271 e. The summed E-state index contributed by atoms with van der Waals surface area (Å²) in [5.74, 6) is 0.362. The van der Waals surface area contributed by atoms with Crippen molar-refractivity contribution in [1.82, 2.24) is 5.43 Å². The van der Waals surface area contributed by atoms with Gasteiger partial charge in [0.05, 0.1) is 16.2 Å². The van der Waals surface area contributed by atoms with Gasteiger partial charge in [0.15, 0.2) is 0 Å². The van der Waals surface area contributed by atoms with Crippen molar-refractivity contribution >= 4 is 29.4 Å². The minimum atomic E-state index is -0.510. The highest BCUT2D eigenvalue weighted by Gasteiger charge is 2.14. The molecule has 3 rings (SSSR count). The van der Waals surface area contributed by atoms with E-state index in [1.54, 1.807) is 36.4 Å². The van der Waals surface area contributed by atoms with Crippen molar-refractivity contribution in [2.75, 3.05) is 0 Å². The van der Waals surface area contributed by atoms with Gasteiger partial charge in [0.2, 0.25) is 0 Å². The van der Waals surface area contributed by atoms with Crippen LogP contribution in [0.4, 0.5) is 5.69 Å². The Bertz CT molecular complexity index is 983. The van der Waals surface area contributed by atoms with Crippen molar-refractivity contribution in [2.45, 2.75) is 0 Å². The number of hydrogen-bond acceptors (Lipinski definition) is 5. The molecule has 0 bridgehead atoms. The standard InChI is InChI=1S/C18H12ClN3O4/c19-16-8-6-13(22(24)25)10-15(16)17-9-7-14(26-17)11-20-21-18(23)12-4-2-1-3-5-12/h1-11H,(H,21,23)/b20-11+. The number of nitro groups is 1. The number of hydrogen-bond donors (Lipinski definition) is 1. The zero-order valence-electron chi connectivity index (χ0n) is 13.3. The highest BCUT2D eigenvalue weighted by Crippen LogP contribution is 2.32. The lowest BCUT2D eigenvalue weighted by molar-refractivity contribution is -0.384. The number of benzene rings is 2. The summed E-state index contributed by atoms with van der Waals surface area (Å²) >= 11 is 6.09. The molecule has 130 valence electrons. The summed E-state index contributed by atoms with van der Waals surface area (Å²) in [5, 5.41) is 15.1. The number of nitro benzene ring substituents is 1. The second kappa shape index (κ2) is 7.62. The minimum Gasteiger partial charge on any atom is -0.455 e. The van der Waals surface area contributed by atoms with Gasteiger partial charge in [0, 0.05) is 23.3 Å². The fraction of sp³-hybridized carbons (Fsp3) is 0. The summed E-state index contributed by atoms with van der Waals surface area (Å²) in [6.45, 7) is 0. The van der Waals surface area contributed by atoms with E-state index in [4.69, 9.17) is 16.0 Å². The van der Waals surface area contributed by atoms with E-state index in [2.05, 4.69) is 10.5 Å². The minimum absolute atomic E-state index is 0.0915. The normalized spacial score (nSPS) is 10.8. The second-order valence-electron chi connectivity index (χ2n) is 5.19. The van der Waals surface area contributed by atoms with Gasteiger partial charge in [-0.2, -0.15) is 5.10 Å². The molecule has 0 aliphatic carbocycles. The molecule has 1 heterocycles. The van der Waals surface area contributed by atoms with Gasteiger partial charge in [0.25, 0.3) is 11.6 Å². The molecule has 3 aromatic rings. The maximum absolute atomic E-state index is 11.9. The Morgan fingerprint density at radius 1 is 1.15 bits per heavy atom. The fourth-order valence-electron chi connectivity index (χ4n) is 2.19. The lowest BCUT2D eigenvalue weighted by Gasteiger charge is -2.00. The lowest BCUT2D eigenvalue weighted by atomic mass is 10.1. The van der Waals surface area contributed by atoms with Crippen LogP contribution in [0.1, 0.15) is 16.1 Å². The molecule has 0 unspecified atom stereocenters. The van der Waals surface area contributed by atoms with Crippen molar-refractivity contribution in [1.29, 1.82) is 0 Å². The second-order valence-corrected chi connectivity index (χ2v) is 5.60. The summed E-state index contributed by atoms with van der Waals surface area (Å²) in [6, 6.07) is 16.0. The third-order valence-corrected chi connectivity index (χ3v) is 3.78. The molecule has 7 nitrogen and oxygen atoms in total. The number of nitrogens with zero attached hydrogens (tertiary/aromatic N) is 2. The predicted molar refractivity (Wildman–Crippen MR) is 97.3 cm³/mol. The van der Waals surface area contributed by atoms with E-state index in [0.717, 1.165) is 0 Å². The fourth-order valence-corrected chi connectivity index (χ4v) is 2.40. The SMILES string of the molecule is O=C(N/N=C/c1ccc(-c2cc([N+](=O)[O-])ccc2Cl)o1)c1ccccc1. The number of rotatable bonds is 5. The molecule has 1 amide bonds. The molecule has 0 radical (unpaired) electrons. The number of amides is 1. The van der Waals surface area contributed by atoms with Gasteiger partial charge in [-0.3, -0.25) is 14.9 Å². The van der Waals surface area contributed by atoms with E-state index in [1.165, 1.54) is 24.4 Å². The summed E-state index contributed by atoms with van der Waals surface area (Å²) in [7, 11) is 0. The van der Waals surface area contributed by atoms with E-state index < -0.39 is 4.92 Å². The Labute approximate surface area is 153 Å². The Morgan fingerprint density at radius 3 is 2.65 bits per heavy atom. The predicted octanol–water partition coefficient (Wildman–Crippen LogP) is 4.27. The number of carbonyl (C=O) groups is 1. The van der Waals surface area contributed by atoms with Crippen LogP contribution in [0.15, 0.2) is 70.2 Å². The molecule has 2 aromatic carbocycles. The van der Waals surface area contributed by atoms with Crippen molar-refractivity contribution in [2.24, 2.45) is 5.10 Å². The Hall–Kier alpha value is -3.45. The van der Waals surface area contributed by atoms with Gasteiger partial charge in [0.1, 0.15) is 11.5 Å². The number of furan rings is 1. The van der Waals surface area contributed by atoms with Crippen LogP contribution in [0.5, 0.6) is 0 Å². The average Bonchev–Trinajstić information content (AvgIpc) is 3.11. The third-order valence-electron chi connectivity index (χ3n) is 3.45. The van der Waals surface area contributed by atoms with Crippen LogP contribution in [0.2, 0.25) is 5.02 Å². The van der Waals surface area contributed by atoms with Gasteiger partial charge in [-0.05, 0) is 30.3 Å². The van der Waals surface area contributed by atoms with Crippen molar-refractivity contribution in [3.8, 4) is 11.3 Å². The van der Waals surface area contributed by atoms with Crippen LogP contribution in [0.3, 0.4) is 0 Å². The van der Waals surface area contributed by atoms with E-state index in [0.29, 0.717) is 27.7 Å². The highest BCUT2D eigenvalue weighted by molar-refractivity contribution is 6.33. The monoisotopic (exact) mass is 369 g/mol. The van der Waals surface area contributed by atoms with Crippen molar-refractivity contribution in [3.63, 3.8) is 0 Å². The molecular weight excluding hydrogens is 358 g/mol. The van der Waals surface area contributed by atoms with Crippen molar-refractivity contribution in [3.05, 3.63) is 87.1 Å². The maximum atomic E-state index is 11.9.